The molecule has 0 bridgehead atoms. The number of piperazine rings is 1. The summed E-state index contributed by atoms with van der Waals surface area (Å²) in [5, 5.41) is 4.13. The average molecular weight is 390 g/mol. The maximum atomic E-state index is 12.9. The molecule has 1 aliphatic heterocycles. The minimum absolute atomic E-state index is 0.00244. The Hall–Kier alpha value is -2.28. The lowest BCUT2D eigenvalue weighted by Gasteiger charge is -2.36. The third-order valence-corrected chi connectivity index (χ3v) is 5.27. The molecule has 1 saturated heterocycles. The smallest absolute Gasteiger partial charge is 0.410 e. The molecule has 0 spiro atoms. The van der Waals surface area contributed by atoms with Gasteiger partial charge in [-0.2, -0.15) is 11.3 Å². The van der Waals surface area contributed by atoms with E-state index in [4.69, 9.17) is 4.74 Å². The fraction of sp³-hybridized carbons (Fsp3) is 0.500. The van der Waals surface area contributed by atoms with Crippen molar-refractivity contribution in [2.45, 2.75) is 38.8 Å². The fourth-order valence-electron chi connectivity index (χ4n) is 3.18. The van der Waals surface area contributed by atoms with Crippen LogP contribution in [-0.4, -0.2) is 58.1 Å². The molecule has 0 aromatic carbocycles. The second-order valence-electron chi connectivity index (χ2n) is 7.76. The number of rotatable bonds is 4. The molecule has 27 heavy (non-hydrogen) atoms. The molecule has 2 aromatic rings. The maximum Gasteiger partial charge on any atom is 0.410 e. The standard InChI is InChI=1S/C20H27N3O3S/c1-20(2,3)26-19(25)23-11-9-22(10-12-23)18(24)14-17(16-6-13-27-15-16)21-7-4-5-8-21/h4-8,13,15,17H,9-12,14H2,1-3H3/t17-/m0/s1. The monoisotopic (exact) mass is 389 g/mol. The summed E-state index contributed by atoms with van der Waals surface area (Å²) in [5.41, 5.74) is 0.645. The number of hydrogen-bond donors (Lipinski definition) is 0. The van der Waals surface area contributed by atoms with Crippen molar-refractivity contribution in [2.24, 2.45) is 0 Å². The Morgan fingerprint density at radius 1 is 1.11 bits per heavy atom. The summed E-state index contributed by atoms with van der Waals surface area (Å²) in [4.78, 5) is 28.6. The molecule has 2 amide bonds. The van der Waals surface area contributed by atoms with Gasteiger partial charge in [-0.15, -0.1) is 0 Å². The van der Waals surface area contributed by atoms with Gasteiger partial charge in [0, 0.05) is 38.6 Å². The first-order valence-electron chi connectivity index (χ1n) is 9.24. The van der Waals surface area contributed by atoms with Crippen molar-refractivity contribution in [3.8, 4) is 0 Å². The van der Waals surface area contributed by atoms with Gasteiger partial charge in [0.15, 0.2) is 0 Å². The zero-order chi connectivity index (χ0) is 19.4. The SMILES string of the molecule is CC(C)(C)OC(=O)N1CCN(C(=O)C[C@@H](c2ccsc2)n2cccc2)CC1. The van der Waals surface area contributed by atoms with Crippen LogP contribution < -0.4 is 0 Å². The lowest BCUT2D eigenvalue weighted by molar-refractivity contribution is -0.133. The number of nitrogens with zero attached hydrogens (tertiary/aromatic N) is 3. The molecule has 1 atom stereocenters. The minimum Gasteiger partial charge on any atom is -0.444 e. The van der Waals surface area contributed by atoms with Gasteiger partial charge in [-0.3, -0.25) is 4.79 Å². The van der Waals surface area contributed by atoms with Crippen LogP contribution in [0, 0.1) is 0 Å². The molecular formula is C20H27N3O3S. The van der Waals surface area contributed by atoms with Crippen molar-refractivity contribution in [3.63, 3.8) is 0 Å². The molecule has 0 radical (unpaired) electrons. The quantitative estimate of drug-likeness (QED) is 0.803. The molecule has 3 heterocycles. The number of amides is 2. The summed E-state index contributed by atoms with van der Waals surface area (Å²) >= 11 is 1.64. The molecule has 0 saturated carbocycles. The van der Waals surface area contributed by atoms with E-state index in [2.05, 4.69) is 16.0 Å². The van der Waals surface area contributed by atoms with Crippen LogP contribution in [0.3, 0.4) is 0 Å². The third kappa shape index (κ3) is 5.13. The zero-order valence-corrected chi connectivity index (χ0v) is 16.9. The van der Waals surface area contributed by atoms with Crippen LogP contribution in [0.2, 0.25) is 0 Å². The Balaban J connectivity index is 1.58. The summed E-state index contributed by atoms with van der Waals surface area (Å²) in [6.07, 6.45) is 4.10. The second kappa shape index (κ2) is 8.17. The Morgan fingerprint density at radius 3 is 2.30 bits per heavy atom. The summed E-state index contributed by atoms with van der Waals surface area (Å²) in [6.45, 7) is 7.67. The molecule has 1 fully saturated rings. The van der Waals surface area contributed by atoms with Gasteiger partial charge in [0.05, 0.1) is 12.5 Å². The molecule has 2 aromatic heterocycles. The minimum atomic E-state index is -0.505. The summed E-state index contributed by atoms with van der Waals surface area (Å²) < 4.78 is 7.50. The predicted molar refractivity (Wildman–Crippen MR) is 106 cm³/mol. The van der Waals surface area contributed by atoms with Gasteiger partial charge in [0.1, 0.15) is 5.60 Å². The molecule has 0 N–H and O–H groups in total. The van der Waals surface area contributed by atoms with E-state index in [1.807, 2.05) is 55.6 Å². The van der Waals surface area contributed by atoms with E-state index >= 15 is 0 Å². The highest BCUT2D eigenvalue weighted by Crippen LogP contribution is 2.25. The highest BCUT2D eigenvalue weighted by atomic mass is 32.1. The van der Waals surface area contributed by atoms with Gasteiger partial charge in [0.2, 0.25) is 5.91 Å². The van der Waals surface area contributed by atoms with E-state index in [0.717, 1.165) is 5.56 Å². The molecule has 7 heteroatoms. The van der Waals surface area contributed by atoms with Crippen molar-refractivity contribution < 1.29 is 14.3 Å². The fourth-order valence-corrected chi connectivity index (χ4v) is 3.88. The third-order valence-electron chi connectivity index (χ3n) is 4.57. The predicted octanol–water partition coefficient (Wildman–Crippen LogP) is 3.61. The van der Waals surface area contributed by atoms with Crippen molar-refractivity contribution in [1.29, 1.82) is 0 Å². The van der Waals surface area contributed by atoms with Gasteiger partial charge in [0.25, 0.3) is 0 Å². The van der Waals surface area contributed by atoms with Crippen molar-refractivity contribution in [3.05, 3.63) is 46.9 Å². The van der Waals surface area contributed by atoms with E-state index in [-0.39, 0.29) is 18.0 Å². The Bertz CT molecular complexity index is 708. The normalized spacial score (nSPS) is 16.3. The lowest BCUT2D eigenvalue weighted by atomic mass is 10.1. The second-order valence-corrected chi connectivity index (χ2v) is 8.54. The van der Waals surface area contributed by atoms with E-state index < -0.39 is 5.60 Å². The van der Waals surface area contributed by atoms with Gasteiger partial charge in [-0.05, 0) is 55.3 Å². The summed E-state index contributed by atoms with van der Waals surface area (Å²) in [7, 11) is 0. The molecule has 0 unspecified atom stereocenters. The molecule has 146 valence electrons. The van der Waals surface area contributed by atoms with Gasteiger partial charge in [-0.1, -0.05) is 0 Å². The largest absolute Gasteiger partial charge is 0.444 e. The number of aromatic nitrogens is 1. The first kappa shape index (κ1) is 19.5. The van der Waals surface area contributed by atoms with Crippen LogP contribution >= 0.6 is 11.3 Å². The highest BCUT2D eigenvalue weighted by Gasteiger charge is 2.29. The molecule has 3 rings (SSSR count). The Kier molecular flexibility index (Phi) is 5.89. The van der Waals surface area contributed by atoms with E-state index in [1.165, 1.54) is 0 Å². The number of carbonyl (C=O) groups is 2. The number of carbonyl (C=O) groups excluding carboxylic acids is 2. The lowest BCUT2D eigenvalue weighted by Crippen LogP contribution is -2.51. The van der Waals surface area contributed by atoms with E-state index in [0.29, 0.717) is 32.6 Å². The maximum absolute atomic E-state index is 12.9. The number of ether oxygens (including phenoxy) is 1. The van der Waals surface area contributed by atoms with E-state index in [1.54, 1.807) is 16.2 Å². The van der Waals surface area contributed by atoms with Crippen molar-refractivity contribution >= 4 is 23.3 Å². The molecule has 6 nitrogen and oxygen atoms in total. The topological polar surface area (TPSA) is 54.8 Å². The van der Waals surface area contributed by atoms with Crippen molar-refractivity contribution in [1.82, 2.24) is 14.4 Å². The van der Waals surface area contributed by atoms with Crippen LogP contribution in [0.25, 0.3) is 0 Å². The van der Waals surface area contributed by atoms with Crippen LogP contribution in [0.5, 0.6) is 0 Å². The molecule has 0 aliphatic carbocycles. The Morgan fingerprint density at radius 2 is 1.74 bits per heavy atom. The molecule has 1 aliphatic rings. The highest BCUT2D eigenvalue weighted by molar-refractivity contribution is 7.08. The van der Waals surface area contributed by atoms with Gasteiger partial charge >= 0.3 is 6.09 Å². The van der Waals surface area contributed by atoms with Crippen LogP contribution in [-0.2, 0) is 9.53 Å². The van der Waals surface area contributed by atoms with Crippen LogP contribution in [0.1, 0.15) is 38.8 Å². The average Bonchev–Trinajstić information content (AvgIpc) is 3.32. The first-order chi connectivity index (χ1) is 12.8. The number of hydrogen-bond acceptors (Lipinski definition) is 4. The van der Waals surface area contributed by atoms with E-state index in [9.17, 15) is 9.59 Å². The summed E-state index contributed by atoms with van der Waals surface area (Å²) in [6, 6.07) is 6.03. The van der Waals surface area contributed by atoms with Gasteiger partial charge in [-0.25, -0.2) is 4.79 Å². The van der Waals surface area contributed by atoms with Crippen LogP contribution in [0.4, 0.5) is 4.79 Å². The molecular weight excluding hydrogens is 362 g/mol. The zero-order valence-electron chi connectivity index (χ0n) is 16.1. The van der Waals surface area contributed by atoms with Crippen LogP contribution in [0.15, 0.2) is 41.4 Å². The number of thiophene rings is 1. The summed E-state index contributed by atoms with van der Waals surface area (Å²) in [5.74, 6) is 0.115. The van der Waals surface area contributed by atoms with Crippen molar-refractivity contribution in [2.75, 3.05) is 26.2 Å². The Labute approximate surface area is 164 Å². The van der Waals surface area contributed by atoms with Gasteiger partial charge < -0.3 is 19.1 Å². The first-order valence-corrected chi connectivity index (χ1v) is 10.2.